The van der Waals surface area contributed by atoms with Crippen molar-refractivity contribution < 1.29 is 14.6 Å². The van der Waals surface area contributed by atoms with Crippen molar-refractivity contribution in [2.24, 2.45) is 0 Å². The summed E-state index contributed by atoms with van der Waals surface area (Å²) in [5, 5.41) is 8.41. The Hall–Kier alpha value is -1.87. The van der Waals surface area contributed by atoms with E-state index in [9.17, 15) is 4.79 Å². The van der Waals surface area contributed by atoms with E-state index < -0.39 is 6.79 Å². The first-order chi connectivity index (χ1) is 11.8. The topological polar surface area (TPSA) is 46.5 Å². The van der Waals surface area contributed by atoms with Gasteiger partial charge < -0.3 is 9.84 Å². The second-order valence-electron chi connectivity index (χ2n) is 5.25. The van der Waals surface area contributed by atoms with E-state index in [0.29, 0.717) is 6.42 Å². The second-order valence-corrected chi connectivity index (χ2v) is 5.25. The van der Waals surface area contributed by atoms with Gasteiger partial charge in [0.2, 0.25) is 0 Å². The molecule has 0 radical (unpaired) electrons. The van der Waals surface area contributed by atoms with Gasteiger partial charge in [0.25, 0.3) is 0 Å². The summed E-state index contributed by atoms with van der Waals surface area (Å²) in [5.41, 5.74) is 0. The van der Waals surface area contributed by atoms with Gasteiger partial charge in [0, 0.05) is 6.42 Å². The van der Waals surface area contributed by atoms with Crippen LogP contribution in [0.4, 0.5) is 0 Å². The zero-order chi connectivity index (χ0) is 17.7. The molecule has 3 nitrogen and oxygen atoms in total. The fourth-order valence-electron chi connectivity index (χ4n) is 1.88. The molecule has 0 saturated heterocycles. The van der Waals surface area contributed by atoms with Gasteiger partial charge in [-0.05, 0) is 44.9 Å². The Morgan fingerprint density at radius 3 is 1.71 bits per heavy atom. The lowest BCUT2D eigenvalue weighted by molar-refractivity contribution is -0.151. The van der Waals surface area contributed by atoms with Crippen LogP contribution in [0, 0.1) is 0 Å². The zero-order valence-corrected chi connectivity index (χ0v) is 14.9. The van der Waals surface area contributed by atoms with Crippen molar-refractivity contribution in [1.82, 2.24) is 0 Å². The first-order valence-electron chi connectivity index (χ1n) is 8.82. The third kappa shape index (κ3) is 18.2. The van der Waals surface area contributed by atoms with Crippen LogP contribution in [-0.4, -0.2) is 17.9 Å². The first-order valence-corrected chi connectivity index (χ1v) is 8.82. The number of unbranched alkanes of at least 4 members (excludes halogenated alkanes) is 1. The quantitative estimate of drug-likeness (QED) is 0.200. The number of esters is 1. The summed E-state index contributed by atoms with van der Waals surface area (Å²) in [4.78, 5) is 11.0. The molecular formula is C21H32O3. The molecule has 0 aliphatic carbocycles. The van der Waals surface area contributed by atoms with E-state index in [1.807, 2.05) is 0 Å². The summed E-state index contributed by atoms with van der Waals surface area (Å²) in [6.45, 7) is 1.62. The fraction of sp³-hybridized carbons (Fsp3) is 0.476. The number of carbonyl (C=O) groups excluding carboxylic acids is 1. The molecule has 3 heteroatoms. The van der Waals surface area contributed by atoms with Crippen LogP contribution in [0.15, 0.2) is 60.8 Å². The van der Waals surface area contributed by atoms with Gasteiger partial charge in [0.05, 0.1) is 0 Å². The van der Waals surface area contributed by atoms with Gasteiger partial charge in [0.15, 0.2) is 6.79 Å². The van der Waals surface area contributed by atoms with Gasteiger partial charge in [-0.1, -0.05) is 67.7 Å². The van der Waals surface area contributed by atoms with E-state index in [1.54, 1.807) is 0 Å². The van der Waals surface area contributed by atoms with Crippen molar-refractivity contribution >= 4 is 5.97 Å². The van der Waals surface area contributed by atoms with E-state index in [4.69, 9.17) is 5.11 Å². The lowest BCUT2D eigenvalue weighted by Gasteiger charge is -1.98. The maximum Gasteiger partial charge on any atom is 0.307 e. The van der Waals surface area contributed by atoms with Gasteiger partial charge in [-0.15, -0.1) is 0 Å². The average Bonchev–Trinajstić information content (AvgIpc) is 2.58. The molecule has 0 saturated carbocycles. The number of aliphatic hydroxyl groups excluding tert-OH is 1. The molecule has 0 aromatic heterocycles. The van der Waals surface area contributed by atoms with Crippen LogP contribution in [0.25, 0.3) is 0 Å². The van der Waals surface area contributed by atoms with Crippen LogP contribution in [-0.2, 0) is 9.53 Å². The lowest BCUT2D eigenvalue weighted by atomic mass is 10.2. The summed E-state index contributed by atoms with van der Waals surface area (Å²) >= 11 is 0. The van der Waals surface area contributed by atoms with Gasteiger partial charge in [-0.3, -0.25) is 4.79 Å². The van der Waals surface area contributed by atoms with Crippen molar-refractivity contribution in [1.29, 1.82) is 0 Å². The molecule has 24 heavy (non-hydrogen) atoms. The summed E-state index contributed by atoms with van der Waals surface area (Å²) in [7, 11) is 0. The molecule has 0 fully saturated rings. The smallest absolute Gasteiger partial charge is 0.307 e. The summed E-state index contributed by atoms with van der Waals surface area (Å²) in [5.74, 6) is -0.343. The molecule has 0 heterocycles. The molecule has 0 spiro atoms. The fourth-order valence-corrected chi connectivity index (χ4v) is 1.88. The number of allylic oxidation sites excluding steroid dienone is 10. The van der Waals surface area contributed by atoms with Crippen LogP contribution in [0.2, 0.25) is 0 Å². The van der Waals surface area contributed by atoms with Crippen LogP contribution in [0.5, 0.6) is 0 Å². The van der Waals surface area contributed by atoms with Gasteiger partial charge in [-0.25, -0.2) is 0 Å². The largest absolute Gasteiger partial charge is 0.439 e. The Morgan fingerprint density at radius 1 is 0.792 bits per heavy atom. The number of carbonyl (C=O) groups is 1. The first kappa shape index (κ1) is 22.1. The molecule has 134 valence electrons. The number of rotatable bonds is 14. The molecule has 0 aliphatic heterocycles. The van der Waals surface area contributed by atoms with E-state index >= 15 is 0 Å². The highest BCUT2D eigenvalue weighted by molar-refractivity contribution is 5.69. The highest BCUT2D eigenvalue weighted by Crippen LogP contribution is 2.00. The maximum absolute atomic E-state index is 11.0. The minimum absolute atomic E-state index is 0.343. The van der Waals surface area contributed by atoms with E-state index in [-0.39, 0.29) is 5.97 Å². The molecule has 0 amide bonds. The van der Waals surface area contributed by atoms with E-state index in [0.717, 1.165) is 44.9 Å². The number of ether oxygens (including phenoxy) is 1. The third-order valence-electron chi connectivity index (χ3n) is 3.13. The van der Waals surface area contributed by atoms with Crippen LogP contribution >= 0.6 is 0 Å². The molecule has 1 N–H and O–H groups in total. The summed E-state index contributed by atoms with van der Waals surface area (Å²) in [6.07, 6.45) is 28.6. The van der Waals surface area contributed by atoms with Crippen LogP contribution in [0.1, 0.15) is 58.3 Å². The van der Waals surface area contributed by atoms with Crippen molar-refractivity contribution in [3.8, 4) is 0 Å². The maximum atomic E-state index is 11.0. The number of hydrogen-bond donors (Lipinski definition) is 1. The molecule has 0 aliphatic rings. The Kier molecular flexibility index (Phi) is 17.7. The third-order valence-corrected chi connectivity index (χ3v) is 3.13. The highest BCUT2D eigenvalue weighted by atomic mass is 16.6. The molecule has 0 unspecified atom stereocenters. The van der Waals surface area contributed by atoms with Crippen molar-refractivity contribution in [2.45, 2.75) is 58.3 Å². The monoisotopic (exact) mass is 332 g/mol. The molecule has 0 rings (SSSR count). The second kappa shape index (κ2) is 19.2. The van der Waals surface area contributed by atoms with Gasteiger partial charge in [-0.2, -0.15) is 0 Å². The predicted molar refractivity (Wildman–Crippen MR) is 101 cm³/mol. The zero-order valence-electron chi connectivity index (χ0n) is 14.9. The van der Waals surface area contributed by atoms with Gasteiger partial charge >= 0.3 is 5.97 Å². The van der Waals surface area contributed by atoms with Crippen LogP contribution in [0.3, 0.4) is 0 Å². The Labute approximate surface area is 147 Å². The van der Waals surface area contributed by atoms with Crippen molar-refractivity contribution in [2.75, 3.05) is 6.79 Å². The predicted octanol–water partition coefficient (Wildman–Crippen LogP) is 5.40. The Balaban J connectivity index is 3.48. The summed E-state index contributed by atoms with van der Waals surface area (Å²) < 4.78 is 4.44. The Bertz CT molecular complexity index is 428. The Morgan fingerprint density at radius 2 is 1.25 bits per heavy atom. The van der Waals surface area contributed by atoms with E-state index in [2.05, 4.69) is 72.4 Å². The molecule has 0 aromatic carbocycles. The van der Waals surface area contributed by atoms with Crippen molar-refractivity contribution in [3.05, 3.63) is 60.8 Å². The van der Waals surface area contributed by atoms with Crippen molar-refractivity contribution in [3.63, 3.8) is 0 Å². The molecule has 0 atom stereocenters. The normalized spacial score (nSPS) is 12.6. The standard InChI is InChI=1S/C21H32O3/c1-2-3-4-5-6-7-8-9-10-11-12-13-14-15-16-17-18-19-21(23)24-20-22/h3-4,6-7,9-10,12-13,15-16,22H,2,5,8,11,14,17-20H2,1H3. The summed E-state index contributed by atoms with van der Waals surface area (Å²) in [6, 6.07) is 0. The average molecular weight is 332 g/mol. The molecular weight excluding hydrogens is 300 g/mol. The van der Waals surface area contributed by atoms with Crippen LogP contribution < -0.4 is 0 Å². The highest BCUT2D eigenvalue weighted by Gasteiger charge is 1.98. The minimum atomic E-state index is -0.527. The number of hydrogen-bond acceptors (Lipinski definition) is 3. The van der Waals surface area contributed by atoms with E-state index in [1.165, 1.54) is 0 Å². The SMILES string of the molecule is CCC=CCC=CCC=CCC=CCC=CCCCC(=O)OCO. The molecule has 0 bridgehead atoms. The molecule has 0 aromatic rings. The number of aliphatic hydroxyl groups is 1. The minimum Gasteiger partial charge on any atom is -0.439 e. The van der Waals surface area contributed by atoms with Gasteiger partial charge in [0.1, 0.15) is 0 Å². The lowest BCUT2D eigenvalue weighted by Crippen LogP contribution is -2.04.